The van der Waals surface area contributed by atoms with Crippen molar-refractivity contribution in [1.29, 1.82) is 0 Å². The first-order valence-corrected chi connectivity index (χ1v) is 5.30. The Balaban J connectivity index is 1.83. The average Bonchev–Trinajstić information content (AvgIpc) is 2.70. The molecule has 1 aliphatic carbocycles. The van der Waals surface area contributed by atoms with Crippen molar-refractivity contribution in [2.45, 2.75) is 18.9 Å². The maximum atomic E-state index is 11.3. The van der Waals surface area contributed by atoms with Crippen molar-refractivity contribution in [2.24, 2.45) is 11.8 Å². The van der Waals surface area contributed by atoms with Crippen LogP contribution in [0.5, 0.6) is 0 Å². The average molecular weight is 198 g/mol. The minimum atomic E-state index is 0.0186. The van der Waals surface area contributed by atoms with E-state index in [1.807, 2.05) is 0 Å². The molecule has 0 bridgehead atoms. The van der Waals surface area contributed by atoms with E-state index < -0.39 is 0 Å². The van der Waals surface area contributed by atoms with E-state index >= 15 is 0 Å². The first-order chi connectivity index (χ1) is 6.81. The molecule has 1 saturated carbocycles. The first-order valence-electron chi connectivity index (χ1n) is 5.30. The number of carbonyl (C=O) groups is 1. The number of fused-ring (bicyclic) bond motifs is 1. The van der Waals surface area contributed by atoms with Gasteiger partial charge in [-0.2, -0.15) is 0 Å². The lowest BCUT2D eigenvalue weighted by molar-refractivity contribution is -0.125. The summed E-state index contributed by atoms with van der Waals surface area (Å²) in [6.07, 6.45) is 2.38. The van der Waals surface area contributed by atoms with Crippen LogP contribution >= 0.6 is 0 Å². The van der Waals surface area contributed by atoms with Crippen LogP contribution in [0.4, 0.5) is 0 Å². The van der Waals surface area contributed by atoms with E-state index in [9.17, 15) is 4.79 Å². The lowest BCUT2D eigenvalue weighted by Gasteiger charge is -2.19. The molecule has 2 rings (SSSR count). The molecule has 0 aromatic heterocycles. The number of rotatable bonds is 3. The van der Waals surface area contributed by atoms with E-state index in [-0.39, 0.29) is 12.5 Å². The van der Waals surface area contributed by atoms with E-state index in [1.165, 1.54) is 6.42 Å². The third-order valence-electron chi connectivity index (χ3n) is 3.38. The Morgan fingerprint density at radius 3 is 3.14 bits per heavy atom. The zero-order valence-electron chi connectivity index (χ0n) is 8.58. The molecule has 1 heterocycles. The van der Waals surface area contributed by atoms with Gasteiger partial charge in [0.1, 0.15) is 6.61 Å². The molecule has 1 saturated heterocycles. The van der Waals surface area contributed by atoms with Gasteiger partial charge in [0.25, 0.3) is 0 Å². The molecule has 2 N–H and O–H groups in total. The summed E-state index contributed by atoms with van der Waals surface area (Å²) in [5.74, 6) is 1.45. The largest absolute Gasteiger partial charge is 0.375 e. The molecule has 3 unspecified atom stereocenters. The Morgan fingerprint density at radius 1 is 1.50 bits per heavy atom. The lowest BCUT2D eigenvalue weighted by atomic mass is 9.98. The van der Waals surface area contributed by atoms with E-state index in [4.69, 9.17) is 4.74 Å². The minimum absolute atomic E-state index is 0.0186. The van der Waals surface area contributed by atoms with Gasteiger partial charge in [-0.3, -0.25) is 4.79 Å². The Morgan fingerprint density at radius 2 is 2.36 bits per heavy atom. The van der Waals surface area contributed by atoms with Crippen LogP contribution in [0.2, 0.25) is 0 Å². The number of nitrogens with one attached hydrogen (secondary N) is 2. The molecule has 2 aliphatic rings. The summed E-state index contributed by atoms with van der Waals surface area (Å²) >= 11 is 0. The molecule has 0 aromatic carbocycles. The quantitative estimate of drug-likeness (QED) is 0.657. The summed E-state index contributed by atoms with van der Waals surface area (Å²) in [4.78, 5) is 11.3. The van der Waals surface area contributed by atoms with Gasteiger partial charge in [0.05, 0.1) is 0 Å². The highest BCUT2D eigenvalue weighted by Crippen LogP contribution is 2.34. The van der Waals surface area contributed by atoms with Crippen molar-refractivity contribution in [1.82, 2.24) is 10.6 Å². The highest BCUT2D eigenvalue weighted by atomic mass is 16.5. The van der Waals surface area contributed by atoms with Crippen molar-refractivity contribution < 1.29 is 9.53 Å². The normalized spacial score (nSPS) is 35.6. The minimum Gasteiger partial charge on any atom is -0.375 e. The maximum Gasteiger partial charge on any atom is 0.246 e. The molecule has 0 radical (unpaired) electrons. The Bertz CT molecular complexity index is 220. The number of ether oxygens (including phenoxy) is 1. The summed E-state index contributed by atoms with van der Waals surface area (Å²) in [5.41, 5.74) is 0. The van der Waals surface area contributed by atoms with Gasteiger partial charge in [-0.25, -0.2) is 0 Å². The summed E-state index contributed by atoms with van der Waals surface area (Å²) in [7, 11) is 1.55. The van der Waals surface area contributed by atoms with Crippen LogP contribution in [-0.4, -0.2) is 38.8 Å². The molecule has 4 heteroatoms. The second kappa shape index (κ2) is 4.28. The molecule has 14 heavy (non-hydrogen) atoms. The predicted molar refractivity (Wildman–Crippen MR) is 52.9 cm³/mol. The number of carbonyl (C=O) groups excluding carboxylic acids is 1. The van der Waals surface area contributed by atoms with Crippen LogP contribution in [0.1, 0.15) is 12.8 Å². The van der Waals surface area contributed by atoms with Crippen LogP contribution in [0.15, 0.2) is 0 Å². The fourth-order valence-electron chi connectivity index (χ4n) is 2.71. The van der Waals surface area contributed by atoms with Crippen molar-refractivity contribution in [3.8, 4) is 0 Å². The molecule has 2 fully saturated rings. The monoisotopic (exact) mass is 198 g/mol. The van der Waals surface area contributed by atoms with E-state index in [1.54, 1.807) is 7.11 Å². The van der Waals surface area contributed by atoms with E-state index in [2.05, 4.69) is 10.6 Å². The molecule has 80 valence electrons. The second-order valence-electron chi connectivity index (χ2n) is 4.27. The van der Waals surface area contributed by atoms with Crippen molar-refractivity contribution in [3.63, 3.8) is 0 Å². The SMILES string of the molecule is COCC(=O)NC1CCC2CNCC21. The van der Waals surface area contributed by atoms with Gasteiger partial charge >= 0.3 is 0 Å². The summed E-state index contributed by atoms with van der Waals surface area (Å²) in [6, 6.07) is 0.373. The van der Waals surface area contributed by atoms with Crippen LogP contribution in [0.25, 0.3) is 0 Å². The highest BCUT2D eigenvalue weighted by Gasteiger charge is 2.39. The smallest absolute Gasteiger partial charge is 0.246 e. The van der Waals surface area contributed by atoms with Crippen LogP contribution < -0.4 is 10.6 Å². The second-order valence-corrected chi connectivity index (χ2v) is 4.27. The Hall–Kier alpha value is -0.610. The lowest BCUT2D eigenvalue weighted by Crippen LogP contribution is -2.40. The van der Waals surface area contributed by atoms with Gasteiger partial charge < -0.3 is 15.4 Å². The van der Waals surface area contributed by atoms with Gasteiger partial charge in [-0.15, -0.1) is 0 Å². The van der Waals surface area contributed by atoms with Gasteiger partial charge in [0, 0.05) is 19.7 Å². The van der Waals surface area contributed by atoms with E-state index in [0.29, 0.717) is 12.0 Å². The topological polar surface area (TPSA) is 50.4 Å². The Kier molecular flexibility index (Phi) is 3.03. The zero-order chi connectivity index (χ0) is 9.97. The first kappa shape index (κ1) is 9.93. The molecular weight excluding hydrogens is 180 g/mol. The predicted octanol–water partition coefficient (Wildman–Crippen LogP) is -0.253. The van der Waals surface area contributed by atoms with Gasteiger partial charge in [-0.1, -0.05) is 0 Å². The van der Waals surface area contributed by atoms with Gasteiger partial charge in [0.15, 0.2) is 0 Å². The fraction of sp³-hybridized carbons (Fsp3) is 0.900. The standard InChI is InChI=1S/C10H18N2O2/c1-14-6-10(13)12-9-3-2-7-4-11-5-8(7)9/h7-9,11H,2-6H2,1H3,(H,12,13). The molecule has 1 amide bonds. The number of methoxy groups -OCH3 is 1. The van der Waals surface area contributed by atoms with Crippen molar-refractivity contribution in [3.05, 3.63) is 0 Å². The number of hydrogen-bond acceptors (Lipinski definition) is 3. The summed E-state index contributed by atoms with van der Waals surface area (Å²) in [6.45, 7) is 2.37. The van der Waals surface area contributed by atoms with Crippen molar-refractivity contribution >= 4 is 5.91 Å². The van der Waals surface area contributed by atoms with Crippen LogP contribution in [-0.2, 0) is 9.53 Å². The fourth-order valence-corrected chi connectivity index (χ4v) is 2.71. The molecular formula is C10H18N2O2. The van der Waals surface area contributed by atoms with E-state index in [0.717, 1.165) is 25.4 Å². The third kappa shape index (κ3) is 1.91. The third-order valence-corrected chi connectivity index (χ3v) is 3.38. The number of hydrogen-bond donors (Lipinski definition) is 2. The highest BCUT2D eigenvalue weighted by molar-refractivity contribution is 5.77. The maximum absolute atomic E-state index is 11.3. The molecule has 0 spiro atoms. The van der Waals surface area contributed by atoms with Crippen LogP contribution in [0, 0.1) is 11.8 Å². The van der Waals surface area contributed by atoms with Crippen molar-refractivity contribution in [2.75, 3.05) is 26.8 Å². The van der Waals surface area contributed by atoms with Crippen LogP contribution in [0.3, 0.4) is 0 Å². The zero-order valence-corrected chi connectivity index (χ0v) is 8.58. The summed E-state index contributed by atoms with van der Waals surface area (Å²) in [5, 5.41) is 6.42. The number of amides is 1. The molecule has 0 aromatic rings. The molecule has 1 aliphatic heterocycles. The molecule has 3 atom stereocenters. The van der Waals surface area contributed by atoms with Gasteiger partial charge in [-0.05, 0) is 31.2 Å². The Labute approximate surface area is 84.4 Å². The van der Waals surface area contributed by atoms with Gasteiger partial charge in [0.2, 0.25) is 5.91 Å². The summed E-state index contributed by atoms with van der Waals surface area (Å²) < 4.78 is 4.80. The molecule has 4 nitrogen and oxygen atoms in total.